The van der Waals surface area contributed by atoms with Gasteiger partial charge in [-0.25, -0.2) is 4.98 Å². The van der Waals surface area contributed by atoms with Crippen molar-refractivity contribution in [3.8, 4) is 0 Å². The van der Waals surface area contributed by atoms with Gasteiger partial charge in [-0.3, -0.25) is 9.89 Å². The van der Waals surface area contributed by atoms with E-state index in [0.29, 0.717) is 0 Å². The molecule has 0 radical (unpaired) electrons. The average Bonchev–Trinajstić information content (AvgIpc) is 3.14. The number of aliphatic imine (C=N–C) groups is 1. The molecule has 0 aliphatic carbocycles. The van der Waals surface area contributed by atoms with Crippen molar-refractivity contribution < 1.29 is 4.74 Å². The average molecular weight is 529 g/mol. The van der Waals surface area contributed by atoms with Crippen LogP contribution in [0.5, 0.6) is 0 Å². The molecule has 0 saturated carbocycles. The second kappa shape index (κ2) is 13.1. The summed E-state index contributed by atoms with van der Waals surface area (Å²) in [6.45, 7) is 8.34. The molecule has 1 aromatic heterocycles. The van der Waals surface area contributed by atoms with Crippen LogP contribution < -0.4 is 10.6 Å². The Labute approximate surface area is 195 Å². The molecule has 1 aliphatic heterocycles. The maximum absolute atomic E-state index is 5.46. The molecule has 2 heterocycles. The molecule has 1 saturated heterocycles. The first-order valence-electron chi connectivity index (χ1n) is 9.97. The normalized spacial score (nSPS) is 15.0. The minimum Gasteiger partial charge on any atom is -0.379 e. The fourth-order valence-corrected chi connectivity index (χ4v) is 4.07. The number of aryl methyl sites for hydroxylation is 2. The lowest BCUT2D eigenvalue weighted by Gasteiger charge is -2.27. The quantitative estimate of drug-likeness (QED) is 0.238. The number of guanidine groups is 1. The Morgan fingerprint density at radius 1 is 1.21 bits per heavy atom. The van der Waals surface area contributed by atoms with Crippen LogP contribution in [0.1, 0.15) is 28.2 Å². The van der Waals surface area contributed by atoms with Crippen LogP contribution in [0.3, 0.4) is 0 Å². The number of nitrogens with zero attached hydrogens (tertiary/aromatic N) is 3. The van der Waals surface area contributed by atoms with Crippen LogP contribution >= 0.6 is 35.3 Å². The molecule has 1 aliphatic rings. The molecule has 160 valence electrons. The third kappa shape index (κ3) is 8.19. The molecular weight excluding hydrogens is 497 g/mol. The summed E-state index contributed by atoms with van der Waals surface area (Å²) in [4.78, 5) is 11.3. The third-order valence-electron chi connectivity index (χ3n) is 4.81. The molecule has 0 spiro atoms. The van der Waals surface area contributed by atoms with Gasteiger partial charge >= 0.3 is 0 Å². The number of nitrogens with one attached hydrogen (secondary N) is 2. The van der Waals surface area contributed by atoms with Crippen molar-refractivity contribution in [2.75, 3.05) is 39.9 Å². The van der Waals surface area contributed by atoms with Crippen molar-refractivity contribution >= 4 is 41.3 Å². The van der Waals surface area contributed by atoms with E-state index in [2.05, 4.69) is 55.2 Å². The van der Waals surface area contributed by atoms with E-state index in [4.69, 9.17) is 4.74 Å². The number of benzene rings is 1. The minimum absolute atomic E-state index is 0. The van der Waals surface area contributed by atoms with Crippen LogP contribution in [0.4, 0.5) is 0 Å². The van der Waals surface area contributed by atoms with Crippen LogP contribution in [0, 0.1) is 6.92 Å². The van der Waals surface area contributed by atoms with Crippen molar-refractivity contribution in [1.29, 1.82) is 0 Å². The summed E-state index contributed by atoms with van der Waals surface area (Å²) in [5.41, 5.74) is 3.79. The van der Waals surface area contributed by atoms with Gasteiger partial charge in [-0.1, -0.05) is 24.3 Å². The number of thiazole rings is 1. The molecular formula is C21H32IN5OS. The molecule has 0 amide bonds. The van der Waals surface area contributed by atoms with Gasteiger partial charge in [0.05, 0.1) is 18.2 Å². The number of hydrogen-bond donors (Lipinski definition) is 2. The number of hydrogen-bond acceptors (Lipinski definition) is 5. The van der Waals surface area contributed by atoms with E-state index in [1.807, 2.05) is 14.0 Å². The van der Waals surface area contributed by atoms with Gasteiger partial charge in [0.25, 0.3) is 0 Å². The Morgan fingerprint density at radius 3 is 2.66 bits per heavy atom. The van der Waals surface area contributed by atoms with E-state index in [1.165, 1.54) is 16.1 Å². The lowest BCUT2D eigenvalue weighted by Crippen LogP contribution is -2.38. The molecule has 0 bridgehead atoms. The molecule has 1 fully saturated rings. The van der Waals surface area contributed by atoms with Gasteiger partial charge in [0.15, 0.2) is 5.96 Å². The standard InChI is InChI=1S/C21H31N5OS.HI/c1-17-16-28-20(25-17)8-5-9-23-21(22-2)24-14-18-6-3-4-7-19(18)15-26-10-12-27-13-11-26;/h3-4,6-7,16H,5,8-15H2,1-2H3,(H2,22,23,24);1H. The number of morpholine rings is 1. The summed E-state index contributed by atoms with van der Waals surface area (Å²) < 4.78 is 5.46. The molecule has 0 unspecified atom stereocenters. The molecule has 8 heteroatoms. The first-order chi connectivity index (χ1) is 13.7. The van der Waals surface area contributed by atoms with Crippen molar-refractivity contribution in [2.24, 2.45) is 4.99 Å². The number of ether oxygens (including phenoxy) is 1. The molecule has 1 aromatic carbocycles. The van der Waals surface area contributed by atoms with Gasteiger partial charge in [0.1, 0.15) is 0 Å². The number of halogens is 1. The Bertz CT molecular complexity index is 761. The van der Waals surface area contributed by atoms with Gasteiger partial charge in [0.2, 0.25) is 0 Å². The third-order valence-corrected chi connectivity index (χ3v) is 5.84. The van der Waals surface area contributed by atoms with E-state index in [-0.39, 0.29) is 24.0 Å². The SMILES string of the molecule is CN=C(NCCCc1nc(C)cs1)NCc1ccccc1CN1CCOCC1.I. The predicted octanol–water partition coefficient (Wildman–Crippen LogP) is 3.20. The molecule has 6 nitrogen and oxygen atoms in total. The molecule has 2 aromatic rings. The topological polar surface area (TPSA) is 61.8 Å². The van der Waals surface area contributed by atoms with Crippen LogP contribution in [-0.2, 0) is 24.2 Å². The van der Waals surface area contributed by atoms with E-state index in [0.717, 1.165) is 70.4 Å². The summed E-state index contributed by atoms with van der Waals surface area (Å²) in [6.07, 6.45) is 2.05. The van der Waals surface area contributed by atoms with Gasteiger partial charge in [-0.2, -0.15) is 0 Å². The van der Waals surface area contributed by atoms with E-state index < -0.39 is 0 Å². The van der Waals surface area contributed by atoms with E-state index >= 15 is 0 Å². The summed E-state index contributed by atoms with van der Waals surface area (Å²) in [5.74, 6) is 0.844. The zero-order chi connectivity index (χ0) is 19.6. The Hall–Kier alpha value is -1.23. The molecule has 2 N–H and O–H groups in total. The highest BCUT2D eigenvalue weighted by Crippen LogP contribution is 2.13. The number of rotatable bonds is 8. The zero-order valence-electron chi connectivity index (χ0n) is 17.3. The minimum atomic E-state index is 0. The second-order valence-corrected chi connectivity index (χ2v) is 7.94. The van der Waals surface area contributed by atoms with Gasteiger partial charge in [0, 0.05) is 57.3 Å². The van der Waals surface area contributed by atoms with E-state index in [1.54, 1.807) is 11.3 Å². The largest absolute Gasteiger partial charge is 0.379 e. The maximum atomic E-state index is 5.46. The molecule has 0 atom stereocenters. The summed E-state index contributed by atoms with van der Waals surface area (Å²) in [7, 11) is 1.82. The highest BCUT2D eigenvalue weighted by molar-refractivity contribution is 14.0. The van der Waals surface area contributed by atoms with Crippen molar-refractivity contribution in [2.45, 2.75) is 32.9 Å². The maximum Gasteiger partial charge on any atom is 0.191 e. The first kappa shape index (κ1) is 24.0. The zero-order valence-corrected chi connectivity index (χ0v) is 20.5. The Kier molecular flexibility index (Phi) is 10.9. The monoisotopic (exact) mass is 529 g/mol. The molecule has 3 rings (SSSR count). The summed E-state index contributed by atoms with van der Waals surface area (Å²) in [6, 6.07) is 8.64. The van der Waals surface area contributed by atoms with Gasteiger partial charge < -0.3 is 15.4 Å². The van der Waals surface area contributed by atoms with Gasteiger partial charge in [-0.05, 0) is 24.5 Å². The van der Waals surface area contributed by atoms with Crippen molar-refractivity contribution in [3.05, 3.63) is 51.5 Å². The Balaban J connectivity index is 0.00000300. The fourth-order valence-electron chi connectivity index (χ4n) is 3.25. The number of aromatic nitrogens is 1. The summed E-state index contributed by atoms with van der Waals surface area (Å²) in [5, 5.41) is 10.2. The van der Waals surface area contributed by atoms with Crippen LogP contribution in [-0.4, -0.2) is 55.7 Å². The van der Waals surface area contributed by atoms with Crippen molar-refractivity contribution in [3.63, 3.8) is 0 Å². The molecule has 29 heavy (non-hydrogen) atoms. The highest BCUT2D eigenvalue weighted by atomic mass is 127. The van der Waals surface area contributed by atoms with Crippen LogP contribution in [0.25, 0.3) is 0 Å². The van der Waals surface area contributed by atoms with E-state index in [9.17, 15) is 0 Å². The van der Waals surface area contributed by atoms with Crippen molar-refractivity contribution in [1.82, 2.24) is 20.5 Å². The Morgan fingerprint density at radius 2 is 1.97 bits per heavy atom. The second-order valence-electron chi connectivity index (χ2n) is 7.00. The summed E-state index contributed by atoms with van der Waals surface area (Å²) >= 11 is 1.74. The smallest absolute Gasteiger partial charge is 0.191 e. The first-order valence-corrected chi connectivity index (χ1v) is 10.8. The predicted molar refractivity (Wildman–Crippen MR) is 131 cm³/mol. The lowest BCUT2D eigenvalue weighted by molar-refractivity contribution is 0.0341. The fraction of sp³-hybridized carbons (Fsp3) is 0.524. The van der Waals surface area contributed by atoms with Crippen LogP contribution in [0.15, 0.2) is 34.6 Å². The lowest BCUT2D eigenvalue weighted by atomic mass is 10.1. The van der Waals surface area contributed by atoms with Gasteiger partial charge in [-0.15, -0.1) is 35.3 Å². The highest BCUT2D eigenvalue weighted by Gasteiger charge is 2.12. The van der Waals surface area contributed by atoms with Crippen LogP contribution in [0.2, 0.25) is 0 Å².